The third-order valence-corrected chi connectivity index (χ3v) is 6.82. The normalized spacial score (nSPS) is 14.1. The topological polar surface area (TPSA) is 44.0 Å². The van der Waals surface area contributed by atoms with Gasteiger partial charge in [-0.3, -0.25) is 9.59 Å². The first-order valence-electron chi connectivity index (χ1n) is 12.0. The largest absolute Gasteiger partial charge is 0.340 e. The Hall–Kier alpha value is -3.14. The Morgan fingerprint density at radius 2 is 1.62 bits per heavy atom. The molecule has 2 heterocycles. The number of benzene rings is 2. The molecule has 2 aromatic carbocycles. The van der Waals surface area contributed by atoms with E-state index in [0.29, 0.717) is 5.39 Å². The first kappa shape index (κ1) is 20.7. The Bertz CT molecular complexity index is 1490. The lowest BCUT2D eigenvalue weighted by molar-refractivity contribution is 0.656. The van der Waals surface area contributed by atoms with E-state index in [1.165, 1.54) is 0 Å². The molecule has 164 valence electrons. The van der Waals surface area contributed by atoms with Crippen LogP contribution in [0.25, 0.3) is 38.9 Å². The summed E-state index contributed by atoms with van der Waals surface area (Å²) in [5.41, 5.74) is 4.91. The Morgan fingerprint density at radius 3 is 2.44 bits per heavy atom. The molecule has 0 fully saturated rings. The van der Waals surface area contributed by atoms with E-state index in [4.69, 9.17) is 0 Å². The monoisotopic (exact) mass is 426 g/mol. The molecule has 4 aromatic rings. The molecule has 0 saturated heterocycles. The molecule has 32 heavy (non-hydrogen) atoms. The van der Waals surface area contributed by atoms with E-state index in [0.717, 1.165) is 90.1 Å². The van der Waals surface area contributed by atoms with Crippen LogP contribution >= 0.6 is 0 Å². The molecule has 0 aliphatic heterocycles. The molecule has 4 nitrogen and oxygen atoms in total. The van der Waals surface area contributed by atoms with Crippen LogP contribution in [0.5, 0.6) is 0 Å². The van der Waals surface area contributed by atoms with Gasteiger partial charge in [0.25, 0.3) is 0 Å². The van der Waals surface area contributed by atoms with Crippen LogP contribution in [0.4, 0.5) is 0 Å². The van der Waals surface area contributed by atoms with Gasteiger partial charge >= 0.3 is 0 Å². The fourth-order valence-corrected chi connectivity index (χ4v) is 5.19. The van der Waals surface area contributed by atoms with Crippen molar-refractivity contribution in [2.24, 2.45) is 0 Å². The van der Waals surface area contributed by atoms with Crippen molar-refractivity contribution in [2.45, 2.75) is 65.3 Å². The molecule has 0 saturated carbocycles. The number of pyridine rings is 2. The van der Waals surface area contributed by atoms with Gasteiger partial charge in [0, 0.05) is 40.2 Å². The van der Waals surface area contributed by atoms with Crippen LogP contribution in [0.2, 0.25) is 0 Å². The predicted octanol–water partition coefficient (Wildman–Crippen LogP) is 6.03. The van der Waals surface area contributed by atoms with Gasteiger partial charge in [-0.25, -0.2) is 0 Å². The number of para-hydroxylation sites is 1. The molecular weight excluding hydrogens is 396 g/mol. The van der Waals surface area contributed by atoms with Crippen LogP contribution in [0.1, 0.15) is 57.2 Å². The summed E-state index contributed by atoms with van der Waals surface area (Å²) in [5, 5.41) is 2.16. The maximum absolute atomic E-state index is 13.6. The van der Waals surface area contributed by atoms with Crippen molar-refractivity contribution in [3.63, 3.8) is 0 Å². The quantitative estimate of drug-likeness (QED) is 0.366. The molecule has 1 aliphatic carbocycles. The molecule has 0 bridgehead atoms. The second-order valence-corrected chi connectivity index (χ2v) is 8.86. The van der Waals surface area contributed by atoms with Gasteiger partial charge in [-0.15, -0.1) is 0 Å². The summed E-state index contributed by atoms with van der Waals surface area (Å²) in [4.78, 5) is 27.1. The lowest BCUT2D eigenvalue weighted by atomic mass is 9.93. The van der Waals surface area contributed by atoms with Gasteiger partial charge in [-0.05, 0) is 62.8 Å². The Kier molecular flexibility index (Phi) is 5.46. The second-order valence-electron chi connectivity index (χ2n) is 8.86. The third-order valence-electron chi connectivity index (χ3n) is 6.82. The van der Waals surface area contributed by atoms with Crippen molar-refractivity contribution in [3.05, 3.63) is 74.2 Å². The van der Waals surface area contributed by atoms with Crippen LogP contribution in [0, 0.1) is 0 Å². The van der Waals surface area contributed by atoms with Crippen molar-refractivity contribution in [1.29, 1.82) is 0 Å². The highest BCUT2D eigenvalue weighted by atomic mass is 16.1. The number of aryl methyl sites for hydroxylation is 1. The summed E-state index contributed by atoms with van der Waals surface area (Å²) in [6.45, 7) is 5.11. The molecule has 1 aliphatic rings. The molecule has 2 aromatic heterocycles. The van der Waals surface area contributed by atoms with Gasteiger partial charge < -0.3 is 9.13 Å². The van der Waals surface area contributed by atoms with Crippen LogP contribution in [0.15, 0.2) is 52.1 Å². The standard InChI is InChI=1S/C28H30N2O2/c1-3-5-15-29-23-13-9-7-11-19(23)27(31)21-18-26-22(17-25(21)29)28(32)20-12-8-10-14-24(20)30(26)16-6-4-2/h5,8,10,12,14-15,17-18H,3-4,6-7,9,11,13,16H2,1-2H3/b15-5-. The average Bonchev–Trinajstić information content (AvgIpc) is 2.83. The minimum Gasteiger partial charge on any atom is -0.340 e. The SMILES string of the molecule is CC/C=C\n1c2c(c(=O)c3cc4c(cc31)c(=O)c1ccccc1n4CCCC)CCCC2. The lowest BCUT2D eigenvalue weighted by Gasteiger charge is -2.22. The van der Waals surface area contributed by atoms with Crippen molar-refractivity contribution < 1.29 is 0 Å². The molecular formula is C28H30N2O2. The highest BCUT2D eigenvalue weighted by Gasteiger charge is 2.21. The summed E-state index contributed by atoms with van der Waals surface area (Å²) < 4.78 is 4.42. The fraction of sp³-hybridized carbons (Fsp3) is 0.357. The molecule has 0 spiro atoms. The number of hydrogen-bond donors (Lipinski definition) is 0. The van der Waals surface area contributed by atoms with Crippen molar-refractivity contribution in [1.82, 2.24) is 9.13 Å². The zero-order chi connectivity index (χ0) is 22.2. The van der Waals surface area contributed by atoms with Crippen molar-refractivity contribution >= 4 is 38.9 Å². The van der Waals surface area contributed by atoms with E-state index in [2.05, 4.69) is 35.3 Å². The smallest absolute Gasteiger partial charge is 0.197 e. The number of nitrogens with zero attached hydrogens (tertiary/aromatic N) is 2. The van der Waals surface area contributed by atoms with Crippen LogP contribution in [0.3, 0.4) is 0 Å². The fourth-order valence-electron chi connectivity index (χ4n) is 5.19. The second kappa shape index (κ2) is 8.42. The number of fused-ring (bicyclic) bond motifs is 4. The molecule has 0 N–H and O–H groups in total. The summed E-state index contributed by atoms with van der Waals surface area (Å²) in [6.07, 6.45) is 11.1. The van der Waals surface area contributed by atoms with Crippen molar-refractivity contribution in [2.75, 3.05) is 0 Å². The van der Waals surface area contributed by atoms with E-state index in [1.807, 2.05) is 36.4 Å². The summed E-state index contributed by atoms with van der Waals surface area (Å²) in [7, 11) is 0. The van der Waals surface area contributed by atoms with Gasteiger partial charge in [0.2, 0.25) is 0 Å². The van der Waals surface area contributed by atoms with E-state index in [1.54, 1.807) is 0 Å². The van der Waals surface area contributed by atoms with E-state index in [9.17, 15) is 9.59 Å². The van der Waals surface area contributed by atoms with Crippen LogP contribution in [-0.4, -0.2) is 9.13 Å². The van der Waals surface area contributed by atoms with Crippen LogP contribution in [-0.2, 0) is 19.4 Å². The van der Waals surface area contributed by atoms with E-state index >= 15 is 0 Å². The first-order chi connectivity index (χ1) is 15.7. The Balaban J connectivity index is 1.97. The van der Waals surface area contributed by atoms with E-state index < -0.39 is 0 Å². The molecule has 0 atom stereocenters. The molecule has 4 heteroatoms. The average molecular weight is 427 g/mol. The summed E-state index contributed by atoms with van der Waals surface area (Å²) >= 11 is 0. The molecule has 0 unspecified atom stereocenters. The van der Waals surface area contributed by atoms with Crippen molar-refractivity contribution in [3.8, 4) is 0 Å². The van der Waals surface area contributed by atoms with Crippen LogP contribution < -0.4 is 10.9 Å². The molecule has 5 rings (SSSR count). The lowest BCUT2D eigenvalue weighted by Crippen LogP contribution is -2.22. The number of rotatable bonds is 5. The number of aromatic nitrogens is 2. The van der Waals surface area contributed by atoms with E-state index in [-0.39, 0.29) is 10.9 Å². The number of unbranched alkanes of at least 4 members (excludes halogenated alkanes) is 1. The Labute approximate surface area is 187 Å². The minimum absolute atomic E-state index is 0.0430. The predicted molar refractivity (Wildman–Crippen MR) is 135 cm³/mol. The highest BCUT2D eigenvalue weighted by Crippen LogP contribution is 2.28. The first-order valence-corrected chi connectivity index (χ1v) is 12.0. The maximum atomic E-state index is 13.6. The van der Waals surface area contributed by atoms with Gasteiger partial charge in [0.05, 0.1) is 16.6 Å². The molecule has 0 radical (unpaired) electrons. The number of hydrogen-bond acceptors (Lipinski definition) is 2. The maximum Gasteiger partial charge on any atom is 0.197 e. The minimum atomic E-state index is 0.0430. The van der Waals surface area contributed by atoms with Gasteiger partial charge in [0.1, 0.15) is 0 Å². The zero-order valence-electron chi connectivity index (χ0n) is 19.0. The third kappa shape index (κ3) is 3.21. The number of allylic oxidation sites excluding steroid dienone is 1. The Morgan fingerprint density at radius 1 is 0.875 bits per heavy atom. The van der Waals surface area contributed by atoms with Gasteiger partial charge in [0.15, 0.2) is 10.9 Å². The summed E-state index contributed by atoms with van der Waals surface area (Å²) in [5.74, 6) is 0. The van der Waals surface area contributed by atoms with Gasteiger partial charge in [-0.2, -0.15) is 0 Å². The van der Waals surface area contributed by atoms with Gasteiger partial charge in [-0.1, -0.05) is 38.5 Å². The summed E-state index contributed by atoms with van der Waals surface area (Å²) in [6, 6.07) is 11.8. The zero-order valence-corrected chi connectivity index (χ0v) is 19.0. The highest BCUT2D eigenvalue weighted by molar-refractivity contribution is 6.01. The molecule has 0 amide bonds.